The molecule has 4 aliphatic rings. The van der Waals surface area contributed by atoms with Crippen molar-refractivity contribution in [3.8, 4) is 0 Å². The summed E-state index contributed by atoms with van der Waals surface area (Å²) >= 11 is 0. The van der Waals surface area contributed by atoms with E-state index in [-0.39, 0.29) is 22.7 Å². The van der Waals surface area contributed by atoms with Crippen molar-refractivity contribution in [2.75, 3.05) is 7.11 Å². The number of Topliss-reactive ketones (excluding diaryl/α,β-unsaturated/α-hetero) is 1. The van der Waals surface area contributed by atoms with Crippen LogP contribution in [0.5, 0.6) is 0 Å². The van der Waals surface area contributed by atoms with Gasteiger partial charge < -0.3 is 4.74 Å². The van der Waals surface area contributed by atoms with Crippen LogP contribution < -0.4 is 0 Å². The van der Waals surface area contributed by atoms with Crippen molar-refractivity contribution in [1.29, 1.82) is 0 Å². The highest BCUT2D eigenvalue weighted by atomic mass is 16.5. The summed E-state index contributed by atoms with van der Waals surface area (Å²) in [5.41, 5.74) is 1.42. The van der Waals surface area contributed by atoms with Crippen LogP contribution in [0.15, 0.2) is 11.6 Å². The van der Waals surface area contributed by atoms with Crippen LogP contribution in [0.2, 0.25) is 0 Å². The number of rotatable bonds is 1. The summed E-state index contributed by atoms with van der Waals surface area (Å²) in [5.74, 6) is 2.23. The average Bonchev–Trinajstić information content (AvgIpc) is 2.88. The van der Waals surface area contributed by atoms with Crippen LogP contribution in [0.25, 0.3) is 0 Å². The molecule has 6 atom stereocenters. The van der Waals surface area contributed by atoms with Crippen LogP contribution in [-0.2, 0) is 14.3 Å². The summed E-state index contributed by atoms with van der Waals surface area (Å²) in [4.78, 5) is 24.8. The highest BCUT2D eigenvalue weighted by Crippen LogP contribution is 2.64. The molecule has 0 saturated heterocycles. The van der Waals surface area contributed by atoms with Crippen molar-refractivity contribution in [3.63, 3.8) is 0 Å². The molecule has 0 bridgehead atoms. The van der Waals surface area contributed by atoms with Crippen molar-refractivity contribution >= 4 is 11.8 Å². The maximum Gasteiger partial charge on any atom is 0.312 e. The molecule has 3 fully saturated rings. The van der Waals surface area contributed by atoms with Gasteiger partial charge in [-0.25, -0.2) is 0 Å². The first-order valence-corrected chi connectivity index (χ1v) is 9.73. The van der Waals surface area contributed by atoms with Crippen molar-refractivity contribution in [2.45, 2.75) is 65.2 Å². The van der Waals surface area contributed by atoms with Crippen molar-refractivity contribution in [1.82, 2.24) is 0 Å². The van der Waals surface area contributed by atoms with Gasteiger partial charge in [0.25, 0.3) is 0 Å². The van der Waals surface area contributed by atoms with Gasteiger partial charge in [-0.15, -0.1) is 0 Å². The van der Waals surface area contributed by atoms with Crippen LogP contribution in [0.4, 0.5) is 0 Å². The minimum Gasteiger partial charge on any atom is -0.469 e. The number of carbonyl (C=O) groups is 2. The smallest absolute Gasteiger partial charge is 0.312 e. The Morgan fingerprint density at radius 1 is 1.12 bits per heavy atom. The Morgan fingerprint density at radius 3 is 2.62 bits per heavy atom. The van der Waals surface area contributed by atoms with Gasteiger partial charge in [0.2, 0.25) is 0 Å². The highest BCUT2D eigenvalue weighted by Gasteiger charge is 2.59. The summed E-state index contributed by atoms with van der Waals surface area (Å²) in [5, 5.41) is 0. The van der Waals surface area contributed by atoms with Gasteiger partial charge in [-0.1, -0.05) is 31.9 Å². The monoisotopic (exact) mass is 330 g/mol. The molecule has 0 aromatic rings. The molecule has 4 aliphatic carbocycles. The third-order valence-electron chi connectivity index (χ3n) is 8.28. The fraction of sp³-hybridized carbons (Fsp3) is 0.810. The summed E-state index contributed by atoms with van der Waals surface area (Å²) < 4.78 is 5.09. The molecule has 0 N–H and O–H groups in total. The fourth-order valence-electron chi connectivity index (χ4n) is 6.97. The minimum atomic E-state index is -0.0702. The van der Waals surface area contributed by atoms with E-state index in [9.17, 15) is 9.59 Å². The van der Waals surface area contributed by atoms with Gasteiger partial charge in [0, 0.05) is 11.8 Å². The molecule has 4 rings (SSSR count). The zero-order valence-corrected chi connectivity index (χ0v) is 15.3. The summed E-state index contributed by atoms with van der Waals surface area (Å²) in [7, 11) is 1.51. The molecule has 0 heterocycles. The Morgan fingerprint density at radius 2 is 1.88 bits per heavy atom. The molecule has 0 unspecified atom stereocenters. The number of hydrogen-bond acceptors (Lipinski definition) is 3. The maximum absolute atomic E-state index is 12.5. The Bertz CT molecular complexity index is 606. The first-order chi connectivity index (χ1) is 11.4. The molecule has 0 aromatic carbocycles. The number of hydrogen-bond donors (Lipinski definition) is 0. The van der Waals surface area contributed by atoms with E-state index >= 15 is 0 Å². The molecule has 3 nitrogen and oxygen atoms in total. The molecular formula is C21H30O3. The topological polar surface area (TPSA) is 43.4 Å². The quantitative estimate of drug-likeness (QED) is 0.531. The van der Waals surface area contributed by atoms with Crippen molar-refractivity contribution in [3.05, 3.63) is 11.6 Å². The number of carbonyl (C=O) groups excluding carboxylic acids is 2. The van der Waals surface area contributed by atoms with E-state index in [1.807, 2.05) is 0 Å². The lowest BCUT2D eigenvalue weighted by Gasteiger charge is -2.57. The molecular weight excluding hydrogens is 300 g/mol. The maximum atomic E-state index is 12.5. The van der Waals surface area contributed by atoms with Crippen molar-refractivity contribution in [2.24, 2.45) is 34.5 Å². The van der Waals surface area contributed by atoms with Gasteiger partial charge in [-0.3, -0.25) is 9.59 Å². The van der Waals surface area contributed by atoms with Gasteiger partial charge in [0.1, 0.15) is 5.78 Å². The highest BCUT2D eigenvalue weighted by molar-refractivity contribution is 5.87. The van der Waals surface area contributed by atoms with Gasteiger partial charge in [0.05, 0.1) is 13.0 Å². The zero-order valence-electron chi connectivity index (χ0n) is 15.3. The molecule has 0 aromatic heterocycles. The average molecular weight is 330 g/mol. The van der Waals surface area contributed by atoms with E-state index in [1.165, 1.54) is 19.1 Å². The lowest BCUT2D eigenvalue weighted by molar-refractivity contribution is -0.146. The molecule has 132 valence electrons. The first kappa shape index (κ1) is 16.4. The van der Waals surface area contributed by atoms with Crippen LogP contribution in [0.3, 0.4) is 0 Å². The minimum absolute atomic E-state index is 0.0341. The van der Waals surface area contributed by atoms with Crippen LogP contribution in [0.1, 0.15) is 65.2 Å². The van der Waals surface area contributed by atoms with E-state index in [2.05, 4.69) is 19.9 Å². The third-order valence-corrected chi connectivity index (χ3v) is 8.28. The van der Waals surface area contributed by atoms with E-state index in [1.54, 1.807) is 0 Å². The van der Waals surface area contributed by atoms with Crippen LogP contribution in [-0.4, -0.2) is 18.9 Å². The van der Waals surface area contributed by atoms with Gasteiger partial charge in [0.15, 0.2) is 0 Å². The van der Waals surface area contributed by atoms with E-state index in [0.717, 1.165) is 44.9 Å². The summed E-state index contributed by atoms with van der Waals surface area (Å²) in [6, 6.07) is 0. The number of allylic oxidation sites excluding steroid dienone is 1. The zero-order chi connectivity index (χ0) is 17.1. The predicted octanol–water partition coefficient (Wildman–Crippen LogP) is 4.31. The van der Waals surface area contributed by atoms with Gasteiger partial charge >= 0.3 is 5.97 Å². The fourth-order valence-corrected chi connectivity index (χ4v) is 6.97. The second-order valence-corrected chi connectivity index (χ2v) is 9.08. The molecule has 0 spiro atoms. The molecule has 0 amide bonds. The third kappa shape index (κ3) is 2.02. The van der Waals surface area contributed by atoms with E-state index in [4.69, 9.17) is 4.74 Å². The van der Waals surface area contributed by atoms with Crippen molar-refractivity contribution < 1.29 is 14.3 Å². The van der Waals surface area contributed by atoms with Crippen LogP contribution in [0, 0.1) is 34.5 Å². The molecule has 24 heavy (non-hydrogen) atoms. The second-order valence-electron chi connectivity index (χ2n) is 9.08. The normalized spacial score (nSPS) is 47.3. The van der Waals surface area contributed by atoms with E-state index < -0.39 is 0 Å². The Kier molecular flexibility index (Phi) is 3.71. The Labute approximate surface area is 145 Å². The molecule has 0 aliphatic heterocycles. The molecule has 0 radical (unpaired) electrons. The SMILES string of the molecule is COC(=O)[C@H]1CCC[C@@]2(C)C1=CC[C@@H]1[C@@H]2CC[C@]2(C)C(=O)CC[C@@H]12. The lowest BCUT2D eigenvalue weighted by Crippen LogP contribution is -2.51. The first-order valence-electron chi connectivity index (χ1n) is 9.73. The largest absolute Gasteiger partial charge is 0.469 e. The van der Waals surface area contributed by atoms with E-state index in [0.29, 0.717) is 23.5 Å². The number of methoxy groups -OCH3 is 1. The summed E-state index contributed by atoms with van der Waals surface area (Å²) in [6.07, 6.45) is 10.7. The number of fused-ring (bicyclic) bond motifs is 5. The van der Waals surface area contributed by atoms with Gasteiger partial charge in [-0.2, -0.15) is 0 Å². The number of esters is 1. The lowest BCUT2D eigenvalue weighted by atomic mass is 9.47. The summed E-state index contributed by atoms with van der Waals surface area (Å²) in [6.45, 7) is 4.62. The molecule has 3 saturated carbocycles. The van der Waals surface area contributed by atoms with Crippen LogP contribution >= 0.6 is 0 Å². The number of ketones is 1. The van der Waals surface area contributed by atoms with Gasteiger partial charge in [-0.05, 0) is 61.7 Å². The Hall–Kier alpha value is -1.12. The molecule has 3 heteroatoms. The predicted molar refractivity (Wildman–Crippen MR) is 92.2 cm³/mol. The standard InChI is InChI=1S/C21H30O3/c1-20-11-4-5-14(19(23)24-3)16(20)7-6-13-15-8-9-18(22)21(15,2)12-10-17(13)20/h7,13-15,17H,4-6,8-12H2,1-3H3/t13-,14-,15-,17-,20-,21-/m0/s1. The number of ether oxygens (including phenoxy) is 1. The Balaban J connectivity index is 1.70. The second kappa shape index (κ2) is 5.44.